The third-order valence-electron chi connectivity index (χ3n) is 4.23. The molecule has 0 aromatic rings. The average molecular weight is 272 g/mol. The Labute approximate surface area is 120 Å². The minimum Gasteiger partial charge on any atom is -0.393 e. The van der Waals surface area contributed by atoms with Gasteiger partial charge in [0.1, 0.15) is 0 Å². The fourth-order valence-electron chi connectivity index (χ4n) is 2.83. The van der Waals surface area contributed by atoms with E-state index < -0.39 is 0 Å². The van der Waals surface area contributed by atoms with E-state index in [1.807, 2.05) is 6.92 Å². The minimum absolute atomic E-state index is 0.102. The van der Waals surface area contributed by atoms with Crippen molar-refractivity contribution in [2.75, 3.05) is 6.61 Å². The van der Waals surface area contributed by atoms with Crippen molar-refractivity contribution >= 4 is 0 Å². The second kappa shape index (κ2) is 9.77. The largest absolute Gasteiger partial charge is 0.393 e. The van der Waals surface area contributed by atoms with Gasteiger partial charge < -0.3 is 9.84 Å². The van der Waals surface area contributed by atoms with Gasteiger partial charge in [-0.05, 0) is 64.7 Å². The number of aliphatic hydroxyl groups is 1. The van der Waals surface area contributed by atoms with E-state index in [1.54, 1.807) is 0 Å². The molecule has 19 heavy (non-hydrogen) atoms. The first-order valence-electron chi connectivity index (χ1n) is 8.16. The van der Waals surface area contributed by atoms with Gasteiger partial charge in [0.05, 0.1) is 11.7 Å². The van der Waals surface area contributed by atoms with Gasteiger partial charge in [-0.1, -0.05) is 27.2 Å². The molecule has 1 aliphatic carbocycles. The number of aliphatic hydroxyl groups excluding tert-OH is 1. The van der Waals surface area contributed by atoms with E-state index >= 15 is 0 Å². The molecule has 1 fully saturated rings. The van der Waals surface area contributed by atoms with Crippen molar-refractivity contribution in [2.45, 2.75) is 91.8 Å². The predicted molar refractivity (Wildman–Crippen MR) is 83.4 cm³/mol. The summed E-state index contributed by atoms with van der Waals surface area (Å²) in [5.41, 5.74) is 0.195. The van der Waals surface area contributed by atoms with Gasteiger partial charge in [-0.15, -0.1) is 0 Å². The average Bonchev–Trinajstić information content (AvgIpc) is 2.30. The molecule has 0 radical (unpaired) electrons. The van der Waals surface area contributed by atoms with Crippen LogP contribution >= 0.6 is 0 Å². The molecule has 1 N–H and O–H groups in total. The van der Waals surface area contributed by atoms with Gasteiger partial charge in [0, 0.05) is 6.61 Å². The van der Waals surface area contributed by atoms with Crippen LogP contribution in [0.5, 0.6) is 0 Å². The number of hydrogen-bond donors (Lipinski definition) is 1. The minimum atomic E-state index is -0.102. The van der Waals surface area contributed by atoms with Crippen molar-refractivity contribution in [3.8, 4) is 0 Å². The van der Waals surface area contributed by atoms with Gasteiger partial charge in [-0.25, -0.2) is 0 Å². The number of hydrogen-bond acceptors (Lipinski definition) is 2. The summed E-state index contributed by atoms with van der Waals surface area (Å²) >= 11 is 0. The van der Waals surface area contributed by atoms with Crippen molar-refractivity contribution in [1.29, 1.82) is 0 Å². The van der Waals surface area contributed by atoms with E-state index in [0.717, 1.165) is 31.3 Å². The van der Waals surface area contributed by atoms with Crippen LogP contribution in [0.2, 0.25) is 0 Å². The molecule has 0 spiro atoms. The second-order valence-corrected chi connectivity index (χ2v) is 6.60. The van der Waals surface area contributed by atoms with E-state index in [0.29, 0.717) is 0 Å². The molecular weight excluding hydrogens is 236 g/mol. The molecule has 0 aromatic carbocycles. The van der Waals surface area contributed by atoms with Crippen LogP contribution in [-0.2, 0) is 4.74 Å². The van der Waals surface area contributed by atoms with Crippen molar-refractivity contribution in [3.05, 3.63) is 0 Å². The summed E-state index contributed by atoms with van der Waals surface area (Å²) in [6.07, 6.45) is 7.13. The fourth-order valence-corrected chi connectivity index (χ4v) is 2.83. The number of rotatable bonds is 5. The second-order valence-electron chi connectivity index (χ2n) is 6.60. The van der Waals surface area contributed by atoms with Crippen LogP contribution in [-0.4, -0.2) is 23.4 Å². The van der Waals surface area contributed by atoms with Crippen LogP contribution in [0.1, 0.15) is 80.1 Å². The molecule has 2 nitrogen and oxygen atoms in total. The molecule has 0 saturated heterocycles. The van der Waals surface area contributed by atoms with Crippen LogP contribution in [0.25, 0.3) is 0 Å². The first kappa shape index (κ1) is 18.9. The SMILES string of the molecule is CCCC(C)O.CCOC1(C)CCC(C(C)C)CC1. The lowest BCUT2D eigenvalue weighted by Gasteiger charge is -2.38. The van der Waals surface area contributed by atoms with Crippen LogP contribution < -0.4 is 0 Å². The van der Waals surface area contributed by atoms with Gasteiger partial charge in [0.2, 0.25) is 0 Å². The highest BCUT2D eigenvalue weighted by Gasteiger charge is 2.32. The van der Waals surface area contributed by atoms with E-state index in [4.69, 9.17) is 9.84 Å². The third-order valence-corrected chi connectivity index (χ3v) is 4.23. The monoisotopic (exact) mass is 272 g/mol. The predicted octanol–water partition coefficient (Wildman–Crippen LogP) is 4.80. The zero-order chi connectivity index (χ0) is 14.9. The summed E-state index contributed by atoms with van der Waals surface area (Å²) in [4.78, 5) is 0. The Balaban J connectivity index is 0.000000459. The maximum atomic E-state index is 8.55. The lowest BCUT2D eigenvalue weighted by atomic mass is 9.75. The fraction of sp³-hybridized carbons (Fsp3) is 1.00. The highest BCUT2D eigenvalue weighted by atomic mass is 16.5. The van der Waals surface area contributed by atoms with Crippen molar-refractivity contribution in [2.24, 2.45) is 11.8 Å². The summed E-state index contributed by atoms with van der Waals surface area (Å²) in [7, 11) is 0. The van der Waals surface area contributed by atoms with Gasteiger partial charge in [-0.2, -0.15) is 0 Å². The lowest BCUT2D eigenvalue weighted by Crippen LogP contribution is -2.35. The Kier molecular flexibility index (Phi) is 9.72. The highest BCUT2D eigenvalue weighted by molar-refractivity contribution is 4.84. The molecule has 1 rings (SSSR count). The molecule has 2 heteroatoms. The van der Waals surface area contributed by atoms with Crippen LogP contribution in [0.15, 0.2) is 0 Å². The number of ether oxygens (including phenoxy) is 1. The van der Waals surface area contributed by atoms with Gasteiger partial charge in [0.25, 0.3) is 0 Å². The zero-order valence-electron chi connectivity index (χ0n) is 14.0. The summed E-state index contributed by atoms with van der Waals surface area (Å²) in [6.45, 7) is 13.8. The molecule has 0 aliphatic heterocycles. The third kappa shape index (κ3) is 8.65. The van der Waals surface area contributed by atoms with Crippen molar-refractivity contribution < 1.29 is 9.84 Å². The summed E-state index contributed by atoms with van der Waals surface area (Å²) in [6, 6.07) is 0. The topological polar surface area (TPSA) is 29.5 Å². The van der Waals surface area contributed by atoms with Crippen LogP contribution in [0.4, 0.5) is 0 Å². The summed E-state index contributed by atoms with van der Waals surface area (Å²) in [5.74, 6) is 1.79. The normalized spacial score (nSPS) is 28.7. The summed E-state index contributed by atoms with van der Waals surface area (Å²) < 4.78 is 5.80. The first-order valence-corrected chi connectivity index (χ1v) is 8.16. The van der Waals surface area contributed by atoms with Gasteiger partial charge >= 0.3 is 0 Å². The van der Waals surface area contributed by atoms with Crippen LogP contribution in [0, 0.1) is 11.8 Å². The Bertz CT molecular complexity index is 203. The maximum Gasteiger partial charge on any atom is 0.0654 e. The van der Waals surface area contributed by atoms with Crippen molar-refractivity contribution in [3.63, 3.8) is 0 Å². The Morgan fingerprint density at radius 3 is 1.95 bits per heavy atom. The van der Waals surface area contributed by atoms with E-state index in [1.165, 1.54) is 25.7 Å². The molecule has 0 heterocycles. The molecule has 116 valence electrons. The molecule has 1 aliphatic rings. The Morgan fingerprint density at radius 2 is 1.68 bits per heavy atom. The van der Waals surface area contributed by atoms with Crippen LogP contribution in [0.3, 0.4) is 0 Å². The standard InChI is InChI=1S/C12H24O.C5H12O/c1-5-13-12(4)8-6-11(7-9-12)10(2)3;1-3-4-5(2)6/h10-11H,5-9H2,1-4H3;5-6H,3-4H2,1-2H3. The molecule has 0 amide bonds. The summed E-state index contributed by atoms with van der Waals surface area (Å²) in [5, 5.41) is 8.55. The smallest absolute Gasteiger partial charge is 0.0654 e. The Hall–Kier alpha value is -0.0800. The van der Waals surface area contributed by atoms with Crippen molar-refractivity contribution in [1.82, 2.24) is 0 Å². The molecular formula is C17H36O2. The maximum absolute atomic E-state index is 8.55. The zero-order valence-corrected chi connectivity index (χ0v) is 14.0. The molecule has 1 atom stereocenters. The quantitative estimate of drug-likeness (QED) is 0.779. The van der Waals surface area contributed by atoms with E-state index in [-0.39, 0.29) is 11.7 Å². The van der Waals surface area contributed by atoms with Gasteiger partial charge in [0.15, 0.2) is 0 Å². The molecule has 1 unspecified atom stereocenters. The van der Waals surface area contributed by atoms with E-state index in [9.17, 15) is 0 Å². The highest BCUT2D eigenvalue weighted by Crippen LogP contribution is 2.37. The molecule has 0 aromatic heterocycles. The van der Waals surface area contributed by atoms with Gasteiger partial charge in [-0.3, -0.25) is 0 Å². The molecule has 0 bridgehead atoms. The first-order chi connectivity index (χ1) is 8.84. The Morgan fingerprint density at radius 1 is 1.16 bits per heavy atom. The lowest BCUT2D eigenvalue weighted by molar-refractivity contribution is -0.0623. The molecule has 1 saturated carbocycles. The van der Waals surface area contributed by atoms with E-state index in [2.05, 4.69) is 34.6 Å².